The van der Waals surface area contributed by atoms with Crippen LogP contribution in [0.25, 0.3) is 11.0 Å². The monoisotopic (exact) mass is 385 g/mol. The summed E-state index contributed by atoms with van der Waals surface area (Å²) in [5.41, 5.74) is 0.915. The van der Waals surface area contributed by atoms with Crippen LogP contribution in [0, 0.1) is 18.8 Å². The third-order valence-corrected chi connectivity index (χ3v) is 5.77. The molecule has 6 heteroatoms. The van der Waals surface area contributed by atoms with Gasteiger partial charge in [0.1, 0.15) is 5.58 Å². The van der Waals surface area contributed by atoms with E-state index in [-0.39, 0.29) is 23.1 Å². The number of carbonyl (C=O) groups is 2. The first-order chi connectivity index (χ1) is 13.3. The van der Waals surface area contributed by atoms with Gasteiger partial charge >= 0.3 is 5.97 Å². The molecule has 0 saturated heterocycles. The van der Waals surface area contributed by atoms with Crippen LogP contribution >= 0.6 is 0 Å². The fourth-order valence-electron chi connectivity index (χ4n) is 3.73. The maximum Gasteiger partial charge on any atom is 0.375 e. The molecule has 2 aromatic rings. The van der Waals surface area contributed by atoms with Gasteiger partial charge in [-0.15, -0.1) is 0 Å². The summed E-state index contributed by atoms with van der Waals surface area (Å²) in [6.45, 7) is 7.72. The molecule has 1 aromatic heterocycles. The zero-order valence-corrected chi connectivity index (χ0v) is 16.8. The van der Waals surface area contributed by atoms with E-state index in [0.717, 1.165) is 24.5 Å². The first-order valence-corrected chi connectivity index (χ1v) is 9.82. The number of aryl methyl sites for hydroxylation is 1. The molecule has 6 nitrogen and oxygen atoms in total. The number of hydrogen-bond acceptors (Lipinski definition) is 5. The van der Waals surface area contributed by atoms with Crippen LogP contribution in [0.1, 0.15) is 56.2 Å². The number of amides is 1. The smallest absolute Gasteiger partial charge is 0.375 e. The van der Waals surface area contributed by atoms with Crippen molar-refractivity contribution in [2.45, 2.75) is 59.1 Å². The van der Waals surface area contributed by atoms with Gasteiger partial charge < -0.3 is 14.5 Å². The van der Waals surface area contributed by atoms with E-state index < -0.39 is 12.1 Å². The van der Waals surface area contributed by atoms with Crippen LogP contribution in [-0.2, 0) is 9.53 Å². The molecule has 150 valence electrons. The van der Waals surface area contributed by atoms with E-state index in [1.807, 2.05) is 6.92 Å². The summed E-state index contributed by atoms with van der Waals surface area (Å²) < 4.78 is 10.8. The Morgan fingerprint density at radius 2 is 1.96 bits per heavy atom. The molecule has 0 unspecified atom stereocenters. The van der Waals surface area contributed by atoms with E-state index in [9.17, 15) is 14.4 Å². The van der Waals surface area contributed by atoms with E-state index in [1.54, 1.807) is 18.2 Å². The summed E-state index contributed by atoms with van der Waals surface area (Å²) in [5, 5.41) is 3.40. The average Bonchev–Trinajstić information content (AvgIpc) is 2.65. The topological polar surface area (TPSA) is 85.6 Å². The molecular formula is C22H27NO5. The Hall–Kier alpha value is -2.63. The van der Waals surface area contributed by atoms with Gasteiger partial charge in [0.05, 0.1) is 5.39 Å². The molecule has 1 saturated carbocycles. The molecular weight excluding hydrogens is 358 g/mol. The highest BCUT2D eigenvalue weighted by Crippen LogP contribution is 2.29. The number of fused-ring (bicyclic) bond motifs is 1. The number of ether oxygens (including phenoxy) is 1. The zero-order valence-electron chi connectivity index (χ0n) is 16.8. The Morgan fingerprint density at radius 3 is 2.71 bits per heavy atom. The van der Waals surface area contributed by atoms with Gasteiger partial charge in [-0.1, -0.05) is 38.3 Å². The number of hydrogen-bond donors (Lipinski definition) is 1. The summed E-state index contributed by atoms with van der Waals surface area (Å²) >= 11 is 0. The molecule has 0 bridgehead atoms. The minimum Gasteiger partial charge on any atom is -0.449 e. The largest absolute Gasteiger partial charge is 0.449 e. The van der Waals surface area contributed by atoms with Gasteiger partial charge in [0, 0.05) is 12.1 Å². The molecule has 4 atom stereocenters. The lowest BCUT2D eigenvalue weighted by Crippen LogP contribution is -2.47. The Bertz CT molecular complexity index is 948. The van der Waals surface area contributed by atoms with Gasteiger partial charge in [0.25, 0.3) is 5.91 Å². The molecule has 1 fully saturated rings. The average molecular weight is 385 g/mol. The summed E-state index contributed by atoms with van der Waals surface area (Å²) in [6, 6.07) is 6.34. The number of rotatable bonds is 4. The van der Waals surface area contributed by atoms with Crippen molar-refractivity contribution in [1.82, 2.24) is 5.32 Å². The Kier molecular flexibility index (Phi) is 5.87. The lowest BCUT2D eigenvalue weighted by atomic mass is 9.78. The van der Waals surface area contributed by atoms with Crippen molar-refractivity contribution in [3.05, 3.63) is 45.8 Å². The number of carbonyl (C=O) groups excluding carboxylic acids is 2. The molecule has 0 radical (unpaired) electrons. The molecule has 1 N–H and O–H groups in total. The minimum absolute atomic E-state index is 0.0826. The lowest BCUT2D eigenvalue weighted by molar-refractivity contribution is -0.130. The quantitative estimate of drug-likeness (QED) is 0.813. The maximum atomic E-state index is 12.5. The van der Waals surface area contributed by atoms with Crippen molar-refractivity contribution in [2.75, 3.05) is 0 Å². The van der Waals surface area contributed by atoms with Gasteiger partial charge in [-0.25, -0.2) is 4.79 Å². The number of nitrogens with one attached hydrogen (secondary N) is 1. The molecule has 0 aliphatic heterocycles. The zero-order chi connectivity index (χ0) is 20.4. The van der Waals surface area contributed by atoms with Gasteiger partial charge in [-0.3, -0.25) is 9.59 Å². The second kappa shape index (κ2) is 8.17. The summed E-state index contributed by atoms with van der Waals surface area (Å²) in [6.07, 6.45) is 2.19. The van der Waals surface area contributed by atoms with Gasteiger partial charge in [0.2, 0.25) is 5.76 Å². The predicted molar refractivity (Wildman–Crippen MR) is 106 cm³/mol. The van der Waals surface area contributed by atoms with Gasteiger partial charge in [-0.2, -0.15) is 0 Å². The van der Waals surface area contributed by atoms with Crippen LogP contribution in [0.3, 0.4) is 0 Å². The third kappa shape index (κ3) is 4.26. The standard InChI is InChI=1S/C22H27NO5/c1-12-8-9-19-16(10-12)18(24)11-20(28-19)22(26)27-15(4)21(25)23-17-7-5-6-13(2)14(17)3/h8-11,13-15,17H,5-7H2,1-4H3,(H,23,25)/t13-,14-,15+,17+/m0/s1. The van der Waals surface area contributed by atoms with Crippen molar-refractivity contribution >= 4 is 22.8 Å². The van der Waals surface area contributed by atoms with E-state index >= 15 is 0 Å². The maximum absolute atomic E-state index is 12.5. The van der Waals surface area contributed by atoms with Crippen LogP contribution in [0.15, 0.2) is 33.5 Å². The SMILES string of the molecule is Cc1ccc2oc(C(=O)O[C@H](C)C(=O)N[C@@H]3CCC[C@H](C)[C@@H]3C)cc(=O)c2c1. The van der Waals surface area contributed by atoms with Crippen molar-refractivity contribution in [2.24, 2.45) is 11.8 Å². The van der Waals surface area contributed by atoms with Crippen LogP contribution in [-0.4, -0.2) is 24.0 Å². The minimum atomic E-state index is -0.976. The fourth-order valence-corrected chi connectivity index (χ4v) is 3.73. The predicted octanol–water partition coefficient (Wildman–Crippen LogP) is 3.59. The van der Waals surface area contributed by atoms with Crippen LogP contribution in [0.5, 0.6) is 0 Å². The fraction of sp³-hybridized carbons (Fsp3) is 0.500. The molecule has 1 aliphatic carbocycles. The van der Waals surface area contributed by atoms with Crippen molar-refractivity contribution in [3.63, 3.8) is 0 Å². The molecule has 1 aromatic carbocycles. The van der Waals surface area contributed by atoms with Crippen molar-refractivity contribution in [3.8, 4) is 0 Å². The van der Waals surface area contributed by atoms with E-state index in [1.165, 1.54) is 13.3 Å². The van der Waals surface area contributed by atoms with Gasteiger partial charge in [0.15, 0.2) is 11.5 Å². The normalized spacial score (nSPS) is 23.2. The molecule has 0 spiro atoms. The van der Waals surface area contributed by atoms with Crippen molar-refractivity contribution < 1.29 is 18.7 Å². The lowest BCUT2D eigenvalue weighted by Gasteiger charge is -2.35. The van der Waals surface area contributed by atoms with E-state index in [4.69, 9.17) is 9.15 Å². The highest BCUT2D eigenvalue weighted by Gasteiger charge is 2.30. The van der Waals surface area contributed by atoms with E-state index in [2.05, 4.69) is 19.2 Å². The van der Waals surface area contributed by atoms with Crippen molar-refractivity contribution in [1.29, 1.82) is 0 Å². The molecule has 3 rings (SSSR count). The number of esters is 1. The van der Waals surface area contributed by atoms with E-state index in [0.29, 0.717) is 22.8 Å². The Balaban J connectivity index is 1.68. The van der Waals surface area contributed by atoms with Crippen LogP contribution < -0.4 is 10.7 Å². The first-order valence-electron chi connectivity index (χ1n) is 9.82. The number of benzene rings is 1. The third-order valence-electron chi connectivity index (χ3n) is 5.77. The van der Waals surface area contributed by atoms with Gasteiger partial charge in [-0.05, 0) is 44.2 Å². The second-order valence-corrected chi connectivity index (χ2v) is 7.90. The summed E-state index contributed by atoms with van der Waals surface area (Å²) in [5.74, 6) is -0.444. The highest BCUT2D eigenvalue weighted by atomic mass is 16.6. The highest BCUT2D eigenvalue weighted by molar-refractivity contribution is 5.91. The molecule has 1 heterocycles. The Labute approximate surface area is 164 Å². The molecule has 1 amide bonds. The summed E-state index contributed by atoms with van der Waals surface area (Å²) in [4.78, 5) is 37.1. The second-order valence-electron chi connectivity index (χ2n) is 7.90. The molecule has 28 heavy (non-hydrogen) atoms. The summed E-state index contributed by atoms with van der Waals surface area (Å²) in [7, 11) is 0. The van der Waals surface area contributed by atoms with Crippen LogP contribution in [0.2, 0.25) is 0 Å². The Morgan fingerprint density at radius 1 is 1.21 bits per heavy atom. The molecule has 1 aliphatic rings. The van der Waals surface area contributed by atoms with Crippen LogP contribution in [0.4, 0.5) is 0 Å². The first kappa shape index (κ1) is 20.1.